The minimum Gasteiger partial charge on any atom is -0.465 e. The lowest BCUT2D eigenvalue weighted by Crippen LogP contribution is -2.20. The summed E-state index contributed by atoms with van der Waals surface area (Å²) in [5.41, 5.74) is 5.10. The number of nitrogens with two attached hydrogens (primary N) is 1. The summed E-state index contributed by atoms with van der Waals surface area (Å²) in [7, 11) is 1.33. The molecule has 0 aromatic carbocycles. The predicted octanol–water partition coefficient (Wildman–Crippen LogP) is 2.03. The van der Waals surface area contributed by atoms with Crippen molar-refractivity contribution in [2.24, 2.45) is 0 Å². The molecule has 3 aromatic heterocycles. The summed E-state index contributed by atoms with van der Waals surface area (Å²) in [5.74, 6) is -0.376. The Bertz CT molecular complexity index is 875. The normalized spacial score (nSPS) is 9.50. The monoisotopic (exact) mass is 341 g/mol. The third kappa shape index (κ3) is 3.83. The molecule has 0 bridgehead atoms. The van der Waals surface area contributed by atoms with E-state index in [1.807, 2.05) is 0 Å². The first-order chi connectivity index (χ1) is 10.0. The number of aromatic amines is 2. The second kappa shape index (κ2) is 7.57. The summed E-state index contributed by atoms with van der Waals surface area (Å²) in [6.45, 7) is 0. The molecule has 3 aromatic rings. The molecule has 0 radical (unpaired) electrons. The predicted molar refractivity (Wildman–Crippen MR) is 89.9 cm³/mol. The van der Waals surface area contributed by atoms with Crippen LogP contribution in [0.4, 0.5) is 5.00 Å². The zero-order valence-corrected chi connectivity index (χ0v) is 12.5. The Hall–Kier alpha value is -2.39. The molecular formula is C13H15N3O4S2. The fourth-order valence-electron chi connectivity index (χ4n) is 1.49. The highest BCUT2D eigenvalue weighted by Crippen LogP contribution is 2.19. The van der Waals surface area contributed by atoms with Gasteiger partial charge in [-0.25, -0.2) is 9.59 Å². The van der Waals surface area contributed by atoms with E-state index in [9.17, 15) is 14.4 Å². The van der Waals surface area contributed by atoms with Gasteiger partial charge < -0.3 is 10.5 Å². The molecule has 0 saturated heterocycles. The molecule has 0 atom stereocenters. The number of nitrogen functional groups attached to an aromatic ring is 1. The smallest absolute Gasteiger partial charge is 0.340 e. The van der Waals surface area contributed by atoms with E-state index in [0.717, 1.165) is 0 Å². The highest BCUT2D eigenvalue weighted by Gasteiger charge is 2.09. The van der Waals surface area contributed by atoms with Crippen molar-refractivity contribution in [3.05, 3.63) is 49.3 Å². The molecule has 0 spiro atoms. The van der Waals surface area contributed by atoms with E-state index in [1.165, 1.54) is 29.8 Å². The second-order valence-electron chi connectivity index (χ2n) is 3.76. The van der Waals surface area contributed by atoms with Gasteiger partial charge in [-0.1, -0.05) is 7.43 Å². The van der Waals surface area contributed by atoms with Crippen molar-refractivity contribution in [2.45, 2.75) is 7.43 Å². The zero-order chi connectivity index (χ0) is 15.4. The molecule has 0 aliphatic heterocycles. The van der Waals surface area contributed by atoms with Crippen molar-refractivity contribution in [1.29, 1.82) is 0 Å². The van der Waals surface area contributed by atoms with Crippen LogP contribution in [-0.2, 0) is 4.74 Å². The summed E-state index contributed by atoms with van der Waals surface area (Å²) in [4.78, 5) is 37.8. The molecule has 22 heavy (non-hydrogen) atoms. The Labute approximate surface area is 133 Å². The van der Waals surface area contributed by atoms with Crippen LogP contribution in [0, 0.1) is 0 Å². The highest BCUT2D eigenvalue weighted by atomic mass is 32.1. The van der Waals surface area contributed by atoms with Gasteiger partial charge in [-0.15, -0.1) is 22.7 Å². The van der Waals surface area contributed by atoms with E-state index in [-0.39, 0.29) is 19.0 Å². The Morgan fingerprint density at radius 3 is 2.45 bits per heavy atom. The van der Waals surface area contributed by atoms with Crippen LogP contribution in [0.2, 0.25) is 0 Å². The number of fused-ring (bicyclic) bond motifs is 1. The number of rotatable bonds is 1. The number of hydrogen-bond acceptors (Lipinski definition) is 7. The minimum absolute atomic E-state index is 0. The number of esters is 1. The Balaban J connectivity index is 0.000000212. The summed E-state index contributed by atoms with van der Waals surface area (Å²) in [5, 5.41) is 4.55. The van der Waals surface area contributed by atoms with E-state index in [4.69, 9.17) is 5.73 Å². The second-order valence-corrected chi connectivity index (χ2v) is 5.63. The molecule has 3 heterocycles. The Morgan fingerprint density at radius 1 is 1.18 bits per heavy atom. The maximum absolute atomic E-state index is 11.0. The fourth-order valence-corrected chi connectivity index (χ4v) is 2.90. The quantitative estimate of drug-likeness (QED) is 0.585. The fraction of sp³-hybridized carbons (Fsp3) is 0.154. The topological polar surface area (TPSA) is 118 Å². The van der Waals surface area contributed by atoms with E-state index >= 15 is 0 Å². The molecule has 118 valence electrons. The lowest BCUT2D eigenvalue weighted by molar-refractivity contribution is 0.0602. The van der Waals surface area contributed by atoms with Crippen LogP contribution in [0.1, 0.15) is 17.8 Å². The zero-order valence-electron chi connectivity index (χ0n) is 10.8. The van der Waals surface area contributed by atoms with E-state index in [1.54, 1.807) is 22.9 Å². The molecule has 0 aliphatic carbocycles. The van der Waals surface area contributed by atoms with Gasteiger partial charge in [-0.3, -0.25) is 14.8 Å². The lowest BCUT2D eigenvalue weighted by atomic mass is 10.3. The number of H-pyrrole nitrogens is 2. The van der Waals surface area contributed by atoms with Crippen molar-refractivity contribution >= 4 is 43.9 Å². The molecule has 4 N–H and O–H groups in total. The van der Waals surface area contributed by atoms with E-state index in [0.29, 0.717) is 20.8 Å². The van der Waals surface area contributed by atoms with Crippen molar-refractivity contribution in [1.82, 2.24) is 9.97 Å². The number of nitrogens with one attached hydrogen (secondary N) is 2. The van der Waals surface area contributed by atoms with E-state index in [2.05, 4.69) is 14.7 Å². The number of hydrogen-bond donors (Lipinski definition) is 3. The Morgan fingerprint density at radius 2 is 1.86 bits per heavy atom. The first kappa shape index (κ1) is 17.7. The number of anilines is 1. The van der Waals surface area contributed by atoms with Gasteiger partial charge in [0.15, 0.2) is 0 Å². The summed E-state index contributed by atoms with van der Waals surface area (Å²) < 4.78 is 4.46. The molecule has 0 fully saturated rings. The summed E-state index contributed by atoms with van der Waals surface area (Å²) >= 11 is 2.67. The van der Waals surface area contributed by atoms with Crippen LogP contribution in [-0.4, -0.2) is 23.0 Å². The molecule has 7 nitrogen and oxygen atoms in total. The third-order valence-electron chi connectivity index (χ3n) is 2.46. The van der Waals surface area contributed by atoms with Crippen molar-refractivity contribution in [2.75, 3.05) is 12.8 Å². The van der Waals surface area contributed by atoms with Gasteiger partial charge in [0, 0.05) is 0 Å². The van der Waals surface area contributed by atoms with Gasteiger partial charge >= 0.3 is 11.7 Å². The van der Waals surface area contributed by atoms with Crippen LogP contribution in [0.15, 0.2) is 32.5 Å². The molecule has 0 saturated carbocycles. The molecule has 0 aliphatic rings. The maximum atomic E-state index is 11.0. The van der Waals surface area contributed by atoms with E-state index < -0.39 is 5.69 Å². The van der Waals surface area contributed by atoms with Crippen molar-refractivity contribution in [3.8, 4) is 0 Å². The van der Waals surface area contributed by atoms with Crippen LogP contribution >= 0.6 is 22.7 Å². The molecule has 9 heteroatoms. The van der Waals surface area contributed by atoms with Gasteiger partial charge in [0.05, 0.1) is 18.1 Å². The first-order valence-electron chi connectivity index (χ1n) is 5.64. The average molecular weight is 341 g/mol. The number of carbonyl (C=O) groups is 1. The Kier molecular flexibility index (Phi) is 6.08. The van der Waals surface area contributed by atoms with Crippen molar-refractivity contribution in [3.63, 3.8) is 0 Å². The van der Waals surface area contributed by atoms with Gasteiger partial charge in [0.25, 0.3) is 5.56 Å². The van der Waals surface area contributed by atoms with Gasteiger partial charge in [-0.05, 0) is 22.9 Å². The van der Waals surface area contributed by atoms with Crippen molar-refractivity contribution < 1.29 is 9.53 Å². The number of thiophene rings is 2. The maximum Gasteiger partial charge on any atom is 0.340 e. The SMILES string of the molecule is C.COC(=O)c1ccsc1N.O=c1[nH]c(=O)c2ccsc2[nH]1. The number of ether oxygens (including phenoxy) is 1. The standard InChI is InChI=1S/C6H4N2O2S.C6H7NO2S.CH4/c9-4-3-1-2-11-5(3)8-6(10)7-4;1-9-6(8)4-2-3-10-5(4)7;/h1-2H,(H2,7,8,9,10);2-3H,7H2,1H3;1H4. The van der Waals surface area contributed by atoms with Crippen LogP contribution in [0.3, 0.4) is 0 Å². The molecule has 3 rings (SSSR count). The average Bonchev–Trinajstić information content (AvgIpc) is 3.07. The molecule has 0 unspecified atom stereocenters. The van der Waals surface area contributed by atoms with Crippen LogP contribution in [0.5, 0.6) is 0 Å². The van der Waals surface area contributed by atoms with Gasteiger partial charge in [0.2, 0.25) is 0 Å². The third-order valence-corrected chi connectivity index (χ3v) is 4.04. The van der Waals surface area contributed by atoms with Crippen LogP contribution in [0.25, 0.3) is 10.2 Å². The molecular weight excluding hydrogens is 326 g/mol. The number of carbonyl (C=O) groups excluding carboxylic acids is 1. The molecule has 0 amide bonds. The highest BCUT2D eigenvalue weighted by molar-refractivity contribution is 7.16. The number of methoxy groups -OCH3 is 1. The largest absolute Gasteiger partial charge is 0.465 e. The first-order valence-corrected chi connectivity index (χ1v) is 7.40. The minimum atomic E-state index is -0.454. The summed E-state index contributed by atoms with van der Waals surface area (Å²) in [6, 6.07) is 3.32. The van der Waals surface area contributed by atoms with Gasteiger partial charge in [0.1, 0.15) is 9.83 Å². The lowest BCUT2D eigenvalue weighted by Gasteiger charge is -1.94. The van der Waals surface area contributed by atoms with Gasteiger partial charge in [-0.2, -0.15) is 0 Å². The summed E-state index contributed by atoms with van der Waals surface area (Å²) in [6.07, 6.45) is 0. The van der Waals surface area contributed by atoms with Crippen LogP contribution < -0.4 is 17.0 Å². The number of aromatic nitrogens is 2.